The van der Waals surface area contributed by atoms with E-state index in [0.29, 0.717) is 22.9 Å². The second kappa shape index (κ2) is 13.3. The van der Waals surface area contributed by atoms with E-state index in [4.69, 9.17) is 16.3 Å². The number of nitrogens with zero attached hydrogens (tertiary/aromatic N) is 2. The van der Waals surface area contributed by atoms with Gasteiger partial charge in [0, 0.05) is 25.2 Å². The number of likely N-dealkylation sites (tertiary alicyclic amines) is 2. The van der Waals surface area contributed by atoms with Crippen LogP contribution in [0.3, 0.4) is 0 Å². The van der Waals surface area contributed by atoms with Crippen molar-refractivity contribution in [2.24, 2.45) is 0 Å². The van der Waals surface area contributed by atoms with Gasteiger partial charge in [0.25, 0.3) is 5.91 Å². The number of piperidine rings is 1. The zero-order valence-electron chi connectivity index (χ0n) is 19.2. The lowest BCUT2D eigenvalue weighted by molar-refractivity contribution is 0.0951. The molecule has 1 N–H and O–H groups in total. The molecular weight excluding hydrogens is 410 g/mol. The molecule has 31 heavy (non-hydrogen) atoms. The normalized spacial score (nSPS) is 18.4. The molecule has 5 nitrogen and oxygen atoms in total. The first kappa shape index (κ1) is 24.3. The molecule has 1 aromatic rings. The van der Waals surface area contributed by atoms with E-state index in [1.54, 1.807) is 6.07 Å². The zero-order valence-corrected chi connectivity index (χ0v) is 20.0. The summed E-state index contributed by atoms with van der Waals surface area (Å²) in [5, 5.41) is 3.53. The first-order chi connectivity index (χ1) is 15.2. The monoisotopic (exact) mass is 449 g/mol. The van der Waals surface area contributed by atoms with Crippen molar-refractivity contribution in [2.75, 3.05) is 45.8 Å². The van der Waals surface area contributed by atoms with E-state index < -0.39 is 0 Å². The SMILES string of the molecule is CCCCCCN1CCC(Oc2ccc(C(=O)NCCCN3CCCC3)cc2Cl)CC1. The van der Waals surface area contributed by atoms with Crippen molar-refractivity contribution in [3.63, 3.8) is 0 Å². The minimum absolute atomic E-state index is 0.0637. The van der Waals surface area contributed by atoms with Crippen LogP contribution >= 0.6 is 11.6 Å². The Hall–Kier alpha value is -1.30. The number of carbonyl (C=O) groups is 1. The summed E-state index contributed by atoms with van der Waals surface area (Å²) < 4.78 is 6.17. The van der Waals surface area contributed by atoms with Crippen molar-refractivity contribution >= 4 is 17.5 Å². The van der Waals surface area contributed by atoms with Crippen molar-refractivity contribution in [3.05, 3.63) is 28.8 Å². The summed E-state index contributed by atoms with van der Waals surface area (Å²) in [5.41, 5.74) is 0.598. The Bertz CT molecular complexity index is 671. The minimum Gasteiger partial charge on any atom is -0.489 e. The fraction of sp³-hybridized carbons (Fsp3) is 0.720. The molecule has 2 heterocycles. The first-order valence-electron chi connectivity index (χ1n) is 12.3. The third kappa shape index (κ3) is 8.28. The molecule has 0 radical (unpaired) electrons. The van der Waals surface area contributed by atoms with Gasteiger partial charge in [-0.25, -0.2) is 0 Å². The highest BCUT2D eigenvalue weighted by Gasteiger charge is 2.21. The molecule has 1 amide bonds. The molecule has 0 bridgehead atoms. The van der Waals surface area contributed by atoms with Gasteiger partial charge in [-0.15, -0.1) is 0 Å². The predicted octanol–water partition coefficient (Wildman–Crippen LogP) is 4.98. The molecule has 0 unspecified atom stereocenters. The molecule has 0 saturated carbocycles. The Balaban J connectivity index is 1.36. The van der Waals surface area contributed by atoms with Crippen LogP contribution in [-0.2, 0) is 0 Å². The summed E-state index contributed by atoms with van der Waals surface area (Å²) in [6.07, 6.45) is 11.1. The predicted molar refractivity (Wildman–Crippen MR) is 128 cm³/mol. The van der Waals surface area contributed by atoms with Gasteiger partial charge in [0.05, 0.1) is 5.02 Å². The maximum Gasteiger partial charge on any atom is 0.251 e. The number of benzene rings is 1. The topological polar surface area (TPSA) is 44.8 Å². The Morgan fingerprint density at radius 1 is 1.03 bits per heavy atom. The highest BCUT2D eigenvalue weighted by atomic mass is 35.5. The molecule has 2 fully saturated rings. The minimum atomic E-state index is -0.0637. The molecule has 0 aliphatic carbocycles. The van der Waals surface area contributed by atoms with Gasteiger partial charge in [-0.3, -0.25) is 4.79 Å². The average Bonchev–Trinajstić information content (AvgIpc) is 3.30. The Morgan fingerprint density at radius 3 is 2.45 bits per heavy atom. The number of rotatable bonds is 12. The molecular formula is C25H40ClN3O2. The van der Waals surface area contributed by atoms with Gasteiger partial charge in [0.2, 0.25) is 0 Å². The summed E-state index contributed by atoms with van der Waals surface area (Å²) >= 11 is 6.44. The molecule has 6 heteroatoms. The highest BCUT2D eigenvalue weighted by molar-refractivity contribution is 6.32. The molecule has 0 atom stereocenters. The fourth-order valence-electron chi connectivity index (χ4n) is 4.54. The van der Waals surface area contributed by atoms with Crippen molar-refractivity contribution in [1.29, 1.82) is 0 Å². The third-order valence-corrected chi connectivity index (χ3v) is 6.78. The van der Waals surface area contributed by atoms with Gasteiger partial charge in [0.1, 0.15) is 11.9 Å². The second-order valence-electron chi connectivity index (χ2n) is 9.02. The van der Waals surface area contributed by atoms with E-state index in [0.717, 1.165) is 38.9 Å². The standard InChI is InChI=1S/C25H40ClN3O2/c1-2-3-4-5-14-29-18-11-22(12-19-29)31-24-10-9-21(20-23(24)26)25(30)27-13-8-17-28-15-6-7-16-28/h9-10,20,22H,2-8,11-19H2,1H3,(H,27,30). The van der Waals surface area contributed by atoms with Crippen LogP contribution in [0.15, 0.2) is 18.2 Å². The number of hydrogen-bond acceptors (Lipinski definition) is 4. The maximum atomic E-state index is 12.4. The van der Waals surface area contributed by atoms with Crippen LogP contribution < -0.4 is 10.1 Å². The Labute approximate surface area is 193 Å². The molecule has 0 aromatic heterocycles. The van der Waals surface area contributed by atoms with Crippen LogP contribution in [0.5, 0.6) is 5.75 Å². The van der Waals surface area contributed by atoms with E-state index in [9.17, 15) is 4.79 Å². The van der Waals surface area contributed by atoms with Crippen LogP contribution in [-0.4, -0.2) is 67.6 Å². The molecule has 2 aliphatic rings. The largest absolute Gasteiger partial charge is 0.489 e. The molecule has 1 aromatic carbocycles. The van der Waals surface area contributed by atoms with Crippen molar-refractivity contribution in [3.8, 4) is 5.75 Å². The molecule has 174 valence electrons. The van der Waals surface area contributed by atoms with Gasteiger partial charge >= 0.3 is 0 Å². The summed E-state index contributed by atoms with van der Waals surface area (Å²) in [5.74, 6) is 0.625. The lowest BCUT2D eigenvalue weighted by Crippen LogP contribution is -2.38. The summed E-state index contributed by atoms with van der Waals surface area (Å²) in [6.45, 7) is 9.79. The number of ether oxygens (including phenoxy) is 1. The summed E-state index contributed by atoms with van der Waals surface area (Å²) in [4.78, 5) is 17.4. The van der Waals surface area contributed by atoms with Gasteiger partial charge in [0.15, 0.2) is 0 Å². The van der Waals surface area contributed by atoms with Gasteiger partial charge in [-0.2, -0.15) is 0 Å². The van der Waals surface area contributed by atoms with Gasteiger partial charge in [-0.1, -0.05) is 37.8 Å². The number of halogens is 1. The van der Waals surface area contributed by atoms with Crippen LogP contribution in [0.1, 0.15) is 75.1 Å². The number of amides is 1. The lowest BCUT2D eigenvalue weighted by atomic mass is 10.1. The maximum absolute atomic E-state index is 12.4. The summed E-state index contributed by atoms with van der Waals surface area (Å²) in [6, 6.07) is 5.40. The Morgan fingerprint density at radius 2 is 1.74 bits per heavy atom. The highest BCUT2D eigenvalue weighted by Crippen LogP contribution is 2.28. The summed E-state index contributed by atoms with van der Waals surface area (Å²) in [7, 11) is 0. The molecule has 2 aliphatic heterocycles. The fourth-order valence-corrected chi connectivity index (χ4v) is 4.77. The zero-order chi connectivity index (χ0) is 21.9. The van der Waals surface area contributed by atoms with Crippen LogP contribution in [0.25, 0.3) is 0 Å². The van der Waals surface area contributed by atoms with E-state index in [-0.39, 0.29) is 12.0 Å². The first-order valence-corrected chi connectivity index (χ1v) is 12.7. The number of carbonyl (C=O) groups excluding carboxylic acids is 1. The molecule has 3 rings (SSSR count). The quantitative estimate of drug-likeness (QED) is 0.457. The number of hydrogen-bond donors (Lipinski definition) is 1. The van der Waals surface area contributed by atoms with E-state index in [2.05, 4.69) is 22.0 Å². The van der Waals surface area contributed by atoms with Crippen molar-refractivity contribution in [1.82, 2.24) is 15.1 Å². The van der Waals surface area contributed by atoms with Crippen molar-refractivity contribution in [2.45, 2.75) is 70.8 Å². The molecule has 2 saturated heterocycles. The van der Waals surface area contributed by atoms with Gasteiger partial charge < -0.3 is 19.9 Å². The average molecular weight is 450 g/mol. The van der Waals surface area contributed by atoms with E-state index in [1.165, 1.54) is 58.2 Å². The van der Waals surface area contributed by atoms with Gasteiger partial charge in [-0.05, 0) is 82.9 Å². The van der Waals surface area contributed by atoms with Crippen LogP contribution in [0.2, 0.25) is 5.02 Å². The number of unbranched alkanes of at least 4 members (excludes halogenated alkanes) is 3. The molecule has 0 spiro atoms. The third-order valence-electron chi connectivity index (χ3n) is 6.49. The number of nitrogens with one attached hydrogen (secondary N) is 1. The lowest BCUT2D eigenvalue weighted by Gasteiger charge is -2.32. The smallest absolute Gasteiger partial charge is 0.251 e. The van der Waals surface area contributed by atoms with E-state index in [1.807, 2.05) is 12.1 Å². The van der Waals surface area contributed by atoms with Crippen LogP contribution in [0, 0.1) is 0 Å². The Kier molecular flexibility index (Phi) is 10.4. The van der Waals surface area contributed by atoms with Crippen molar-refractivity contribution < 1.29 is 9.53 Å². The van der Waals surface area contributed by atoms with Crippen LogP contribution in [0.4, 0.5) is 0 Å². The van der Waals surface area contributed by atoms with E-state index >= 15 is 0 Å². The second-order valence-corrected chi connectivity index (χ2v) is 9.43.